The number of hydrogen-bond donors (Lipinski definition) is 2. The average molecular weight is 355 g/mol. The maximum Gasteiger partial charge on any atom is 0.328 e. The molecule has 0 rings (SSSR count). The molecule has 2 N–H and O–H groups in total. The molecule has 0 bridgehead atoms. The van der Waals surface area contributed by atoms with Crippen LogP contribution in [0.4, 0.5) is 0 Å². The number of carbonyl (C=O) groups is 2. The lowest BCUT2D eigenvalue weighted by Gasteiger charge is -2.01. The Labute approximate surface area is 154 Å². The highest BCUT2D eigenvalue weighted by Crippen LogP contribution is 2.11. The fourth-order valence-electron chi connectivity index (χ4n) is 2.24. The summed E-state index contributed by atoms with van der Waals surface area (Å²) in [6.07, 6.45) is 22.9. The molecule has 0 aromatic carbocycles. The van der Waals surface area contributed by atoms with Gasteiger partial charge in [0.25, 0.3) is 0 Å². The second kappa shape index (κ2) is 22.4. The summed E-state index contributed by atoms with van der Waals surface area (Å²) in [6, 6.07) is 0. The summed E-state index contributed by atoms with van der Waals surface area (Å²) in [5, 5.41) is 16.1. The maximum atomic E-state index is 10.2. The predicted molar refractivity (Wildman–Crippen MR) is 105 cm³/mol. The van der Waals surface area contributed by atoms with Crippen LogP contribution in [0.25, 0.3) is 0 Å². The molecule has 0 saturated heterocycles. The van der Waals surface area contributed by atoms with Gasteiger partial charge in [0.15, 0.2) is 0 Å². The van der Waals surface area contributed by atoms with Gasteiger partial charge in [-0.15, -0.1) is 0 Å². The van der Waals surface area contributed by atoms with Gasteiger partial charge in [-0.2, -0.15) is 0 Å². The largest absolute Gasteiger partial charge is 0.481 e. The Bertz CT molecular complexity index is 359. The minimum Gasteiger partial charge on any atom is -0.481 e. The van der Waals surface area contributed by atoms with Crippen molar-refractivity contribution < 1.29 is 19.8 Å². The van der Waals surface area contributed by atoms with Gasteiger partial charge in [-0.1, -0.05) is 96.3 Å². The highest BCUT2D eigenvalue weighted by atomic mass is 16.4. The summed E-state index contributed by atoms with van der Waals surface area (Å²) in [4.78, 5) is 19.6. The molecule has 4 nitrogen and oxygen atoms in total. The number of carboxylic acid groups (broad SMARTS) is 2. The molecule has 0 aromatic heterocycles. The minimum absolute atomic E-state index is 0.222. The lowest BCUT2D eigenvalue weighted by atomic mass is 10.1. The highest BCUT2D eigenvalue weighted by Gasteiger charge is 1.92. The summed E-state index contributed by atoms with van der Waals surface area (Å²) in [5.41, 5.74) is 0. The van der Waals surface area contributed by atoms with Crippen molar-refractivity contribution >= 4 is 11.9 Å². The summed E-state index contributed by atoms with van der Waals surface area (Å²) in [6.45, 7) is 3.86. The van der Waals surface area contributed by atoms with Crippen LogP contribution in [0.1, 0.15) is 97.3 Å². The van der Waals surface area contributed by atoms with Crippen molar-refractivity contribution in [2.45, 2.75) is 97.3 Å². The Morgan fingerprint density at radius 1 is 0.720 bits per heavy atom. The van der Waals surface area contributed by atoms with Crippen LogP contribution in [-0.4, -0.2) is 22.2 Å². The van der Waals surface area contributed by atoms with E-state index in [1.807, 2.05) is 12.2 Å². The molecule has 0 aromatic rings. The van der Waals surface area contributed by atoms with E-state index in [9.17, 15) is 9.59 Å². The maximum absolute atomic E-state index is 10.2. The second-order valence-corrected chi connectivity index (χ2v) is 6.20. The Kier molecular flexibility index (Phi) is 23.0. The fourth-order valence-corrected chi connectivity index (χ4v) is 2.24. The number of aliphatic carboxylic acids is 2. The van der Waals surface area contributed by atoms with E-state index in [2.05, 4.69) is 6.92 Å². The number of carboxylic acids is 2. The molecule has 0 spiro atoms. The van der Waals surface area contributed by atoms with Crippen LogP contribution in [0.15, 0.2) is 24.3 Å². The first kappa shape index (κ1) is 25.7. The Balaban J connectivity index is 0. The van der Waals surface area contributed by atoms with Gasteiger partial charge in [-0.25, -0.2) is 4.79 Å². The zero-order chi connectivity index (χ0) is 19.2. The van der Waals surface area contributed by atoms with Crippen molar-refractivity contribution in [2.24, 2.45) is 0 Å². The van der Waals surface area contributed by atoms with Crippen molar-refractivity contribution in [3.8, 4) is 0 Å². The number of allylic oxidation sites excluding steroid dienone is 3. The van der Waals surface area contributed by atoms with Crippen molar-refractivity contribution in [2.75, 3.05) is 0 Å². The van der Waals surface area contributed by atoms with Gasteiger partial charge in [-0.05, 0) is 12.8 Å². The molecular formula is C21H38O4. The van der Waals surface area contributed by atoms with Gasteiger partial charge in [-0.3, -0.25) is 4.79 Å². The topological polar surface area (TPSA) is 74.6 Å². The molecular weight excluding hydrogens is 316 g/mol. The van der Waals surface area contributed by atoms with Gasteiger partial charge < -0.3 is 10.2 Å². The molecule has 0 aliphatic carbocycles. The summed E-state index contributed by atoms with van der Waals surface area (Å²) < 4.78 is 0. The molecule has 0 heterocycles. The monoisotopic (exact) mass is 354 g/mol. The van der Waals surface area contributed by atoms with Crippen LogP contribution in [0.3, 0.4) is 0 Å². The molecule has 4 heteroatoms. The number of rotatable bonds is 15. The number of unbranched alkanes of at least 4 members (excludes halogenated alkanes) is 11. The van der Waals surface area contributed by atoms with Gasteiger partial charge in [0, 0.05) is 12.5 Å². The summed E-state index contributed by atoms with van der Waals surface area (Å²) >= 11 is 0. The second-order valence-electron chi connectivity index (χ2n) is 6.20. The molecule has 0 unspecified atom stereocenters. The zero-order valence-electron chi connectivity index (χ0n) is 16.2. The number of hydrogen-bond acceptors (Lipinski definition) is 2. The molecule has 0 saturated carbocycles. The molecule has 25 heavy (non-hydrogen) atoms. The quantitative estimate of drug-likeness (QED) is 0.204. The van der Waals surface area contributed by atoms with Crippen molar-refractivity contribution in [1.82, 2.24) is 0 Å². The molecule has 0 radical (unpaired) electrons. The SMILES string of the molecule is CCC(=O)O.CCCCCCCCCCCCC/C=C/C=C/C(=O)O. The lowest BCUT2D eigenvalue weighted by molar-refractivity contribution is -0.136. The van der Waals surface area contributed by atoms with Crippen molar-refractivity contribution in [1.29, 1.82) is 0 Å². The van der Waals surface area contributed by atoms with Crippen LogP contribution < -0.4 is 0 Å². The van der Waals surface area contributed by atoms with Gasteiger partial charge in [0.05, 0.1) is 0 Å². The van der Waals surface area contributed by atoms with Gasteiger partial charge >= 0.3 is 11.9 Å². The van der Waals surface area contributed by atoms with Crippen molar-refractivity contribution in [3.05, 3.63) is 24.3 Å². The van der Waals surface area contributed by atoms with Crippen LogP contribution in [-0.2, 0) is 9.59 Å². The molecule has 0 aliphatic heterocycles. The van der Waals surface area contributed by atoms with E-state index in [1.165, 1.54) is 70.6 Å². The molecule has 0 fully saturated rings. The molecule has 0 amide bonds. The smallest absolute Gasteiger partial charge is 0.328 e. The van der Waals surface area contributed by atoms with Gasteiger partial charge in [0.1, 0.15) is 0 Å². The van der Waals surface area contributed by atoms with Crippen LogP contribution in [0.2, 0.25) is 0 Å². The van der Waals surface area contributed by atoms with Crippen LogP contribution in [0, 0.1) is 0 Å². The third kappa shape index (κ3) is 30.8. The first-order valence-corrected chi connectivity index (χ1v) is 9.82. The third-order valence-corrected chi connectivity index (χ3v) is 3.76. The summed E-state index contributed by atoms with van der Waals surface area (Å²) in [5.74, 6) is -1.63. The first-order valence-electron chi connectivity index (χ1n) is 9.82. The van der Waals surface area contributed by atoms with E-state index in [-0.39, 0.29) is 6.42 Å². The summed E-state index contributed by atoms with van der Waals surface area (Å²) in [7, 11) is 0. The first-order chi connectivity index (χ1) is 12.0. The molecule has 0 atom stereocenters. The van der Waals surface area contributed by atoms with Crippen molar-refractivity contribution in [3.63, 3.8) is 0 Å². The molecule has 146 valence electrons. The fraction of sp³-hybridized carbons (Fsp3) is 0.714. The van der Waals surface area contributed by atoms with E-state index >= 15 is 0 Å². The Morgan fingerprint density at radius 2 is 1.16 bits per heavy atom. The standard InChI is InChI=1S/C18H32O2.C3H6O2/c1-2-3-4-5-6-7-8-9-10-11-12-13-14-15-16-17-18(19)20;1-2-3(4)5/h14-17H,2-13H2,1H3,(H,19,20);2H2,1H3,(H,4,5)/b15-14+,17-16+;. The van der Waals surface area contributed by atoms with E-state index in [1.54, 1.807) is 13.0 Å². The molecule has 0 aliphatic rings. The third-order valence-electron chi connectivity index (χ3n) is 3.76. The zero-order valence-corrected chi connectivity index (χ0v) is 16.2. The van der Waals surface area contributed by atoms with Crippen LogP contribution in [0.5, 0.6) is 0 Å². The highest BCUT2D eigenvalue weighted by molar-refractivity contribution is 5.80. The Morgan fingerprint density at radius 3 is 1.56 bits per heavy atom. The lowest BCUT2D eigenvalue weighted by Crippen LogP contribution is -1.86. The average Bonchev–Trinajstić information content (AvgIpc) is 2.58. The normalized spacial score (nSPS) is 10.8. The predicted octanol–water partition coefficient (Wildman–Crippen LogP) is 6.37. The van der Waals surface area contributed by atoms with Gasteiger partial charge in [0.2, 0.25) is 0 Å². The van der Waals surface area contributed by atoms with E-state index in [0.717, 1.165) is 12.5 Å². The van der Waals surface area contributed by atoms with Crippen LogP contribution >= 0.6 is 0 Å². The van der Waals surface area contributed by atoms with E-state index < -0.39 is 11.9 Å². The minimum atomic E-state index is -0.885. The van der Waals surface area contributed by atoms with E-state index in [0.29, 0.717) is 0 Å². The van der Waals surface area contributed by atoms with E-state index in [4.69, 9.17) is 10.2 Å². The Hall–Kier alpha value is -1.58.